The summed E-state index contributed by atoms with van der Waals surface area (Å²) in [4.78, 5) is 18.0. The fraction of sp³-hybridized carbons (Fsp3) is 0.103. The second-order valence-corrected chi connectivity index (χ2v) is 7.84. The molecule has 1 aliphatic carbocycles. The van der Waals surface area contributed by atoms with E-state index in [1.54, 1.807) is 26.6 Å². The minimum absolute atomic E-state index is 0.0869. The number of carbonyl (C=O) groups excluding carboxylic acids is 1. The first kappa shape index (κ1) is 21.5. The molecule has 0 saturated heterocycles. The minimum atomic E-state index is -0.0869. The molecule has 1 aromatic heterocycles. The molecule has 5 rings (SSSR count). The molecule has 1 heterocycles. The van der Waals surface area contributed by atoms with Crippen molar-refractivity contribution in [2.75, 3.05) is 14.2 Å². The van der Waals surface area contributed by atoms with Gasteiger partial charge in [0.1, 0.15) is 23.9 Å². The lowest BCUT2D eigenvalue weighted by Crippen LogP contribution is -2.01. The number of rotatable bonds is 7. The first-order valence-corrected chi connectivity index (χ1v) is 10.9. The van der Waals surface area contributed by atoms with Crippen LogP contribution >= 0.6 is 0 Å². The van der Waals surface area contributed by atoms with E-state index in [0.717, 1.165) is 27.8 Å². The number of Topliss-reactive ketones (excluding diaryl/α,β-unsaturated/α-hetero) is 1. The van der Waals surface area contributed by atoms with E-state index in [9.17, 15) is 4.79 Å². The lowest BCUT2D eigenvalue weighted by molar-refractivity contribution is 0.105. The van der Waals surface area contributed by atoms with Gasteiger partial charge < -0.3 is 14.2 Å². The van der Waals surface area contributed by atoms with Gasteiger partial charge in [0, 0.05) is 34.7 Å². The number of hydrogen-bond acceptors (Lipinski definition) is 5. The molecule has 0 aliphatic heterocycles. The molecule has 0 radical (unpaired) electrons. The SMILES string of the molecule is COc1cccc(OC)c1C1=C(c2cccnc2)C(=O)c2cc(OCc3ccccc3)ccc21. The summed E-state index contributed by atoms with van der Waals surface area (Å²) in [5.41, 5.74) is 5.23. The summed E-state index contributed by atoms with van der Waals surface area (Å²) in [6.07, 6.45) is 3.39. The van der Waals surface area contributed by atoms with Gasteiger partial charge in [-0.25, -0.2) is 0 Å². The Morgan fingerprint density at radius 3 is 2.21 bits per heavy atom. The Balaban J connectivity index is 1.64. The molecule has 34 heavy (non-hydrogen) atoms. The molecular formula is C29H23NO4. The lowest BCUT2D eigenvalue weighted by Gasteiger charge is -2.16. The van der Waals surface area contributed by atoms with Crippen molar-refractivity contribution in [1.29, 1.82) is 0 Å². The quantitative estimate of drug-likeness (QED) is 0.355. The van der Waals surface area contributed by atoms with E-state index in [1.807, 2.05) is 78.9 Å². The topological polar surface area (TPSA) is 57.7 Å². The number of ether oxygens (including phenoxy) is 3. The Labute approximate surface area is 198 Å². The standard InChI is InChI=1S/C29H23NO4/c1-32-24-11-6-12-25(33-2)28(24)27-22-14-13-21(34-18-19-8-4-3-5-9-19)16-23(22)29(31)26(27)20-10-7-15-30-17-20/h3-17H,18H2,1-2H3. The predicted molar refractivity (Wildman–Crippen MR) is 131 cm³/mol. The van der Waals surface area contributed by atoms with E-state index in [0.29, 0.717) is 35.0 Å². The Morgan fingerprint density at radius 2 is 1.53 bits per heavy atom. The van der Waals surface area contributed by atoms with Crippen LogP contribution in [0.25, 0.3) is 11.1 Å². The maximum Gasteiger partial charge on any atom is 0.195 e. The highest BCUT2D eigenvalue weighted by atomic mass is 16.5. The van der Waals surface area contributed by atoms with Crippen LogP contribution in [-0.4, -0.2) is 25.0 Å². The average molecular weight is 450 g/mol. The zero-order valence-electron chi connectivity index (χ0n) is 18.9. The minimum Gasteiger partial charge on any atom is -0.496 e. The largest absolute Gasteiger partial charge is 0.496 e. The van der Waals surface area contributed by atoms with Crippen LogP contribution in [0.5, 0.6) is 17.2 Å². The van der Waals surface area contributed by atoms with E-state index in [1.165, 1.54) is 0 Å². The summed E-state index contributed by atoms with van der Waals surface area (Å²) >= 11 is 0. The number of methoxy groups -OCH3 is 2. The highest BCUT2D eigenvalue weighted by Crippen LogP contribution is 2.48. The van der Waals surface area contributed by atoms with Crippen LogP contribution in [0.3, 0.4) is 0 Å². The number of carbonyl (C=O) groups is 1. The van der Waals surface area contributed by atoms with E-state index in [4.69, 9.17) is 14.2 Å². The number of fused-ring (bicyclic) bond motifs is 1. The van der Waals surface area contributed by atoms with Crippen LogP contribution in [0.1, 0.15) is 32.6 Å². The summed E-state index contributed by atoms with van der Waals surface area (Å²) < 4.78 is 17.4. The lowest BCUT2D eigenvalue weighted by atomic mass is 9.93. The van der Waals surface area contributed by atoms with E-state index >= 15 is 0 Å². The monoisotopic (exact) mass is 449 g/mol. The van der Waals surface area contributed by atoms with Crippen molar-refractivity contribution in [3.8, 4) is 17.2 Å². The van der Waals surface area contributed by atoms with Gasteiger partial charge in [0.15, 0.2) is 5.78 Å². The predicted octanol–water partition coefficient (Wildman–Crippen LogP) is 5.83. The number of hydrogen-bond donors (Lipinski definition) is 0. The van der Waals surface area contributed by atoms with E-state index in [2.05, 4.69) is 4.98 Å². The van der Waals surface area contributed by atoms with Gasteiger partial charge in [-0.15, -0.1) is 0 Å². The molecule has 0 fully saturated rings. The Kier molecular flexibility index (Phi) is 5.83. The van der Waals surface area contributed by atoms with Crippen molar-refractivity contribution in [3.63, 3.8) is 0 Å². The second-order valence-electron chi connectivity index (χ2n) is 7.84. The zero-order valence-corrected chi connectivity index (χ0v) is 18.9. The van der Waals surface area contributed by atoms with Crippen LogP contribution in [0, 0.1) is 0 Å². The number of aromatic nitrogens is 1. The van der Waals surface area contributed by atoms with Crippen LogP contribution < -0.4 is 14.2 Å². The number of pyridine rings is 1. The molecule has 0 bridgehead atoms. The van der Waals surface area contributed by atoms with Gasteiger partial charge >= 0.3 is 0 Å². The van der Waals surface area contributed by atoms with Crippen LogP contribution in [0.2, 0.25) is 0 Å². The number of ketones is 1. The second kappa shape index (κ2) is 9.24. The smallest absolute Gasteiger partial charge is 0.195 e. The number of nitrogens with zero attached hydrogens (tertiary/aromatic N) is 1. The molecule has 0 spiro atoms. The van der Waals surface area contributed by atoms with Crippen LogP contribution in [-0.2, 0) is 6.61 Å². The molecule has 4 aromatic rings. The summed E-state index contributed by atoms with van der Waals surface area (Å²) in [5, 5.41) is 0. The fourth-order valence-corrected chi connectivity index (χ4v) is 4.29. The van der Waals surface area contributed by atoms with Crippen molar-refractivity contribution in [2.24, 2.45) is 0 Å². The summed E-state index contributed by atoms with van der Waals surface area (Å²) in [6, 6.07) is 24.9. The van der Waals surface area contributed by atoms with Crippen LogP contribution in [0.15, 0.2) is 91.3 Å². The Morgan fingerprint density at radius 1 is 0.765 bits per heavy atom. The third-order valence-corrected chi connectivity index (χ3v) is 5.86. The fourth-order valence-electron chi connectivity index (χ4n) is 4.29. The molecule has 5 nitrogen and oxygen atoms in total. The van der Waals surface area contributed by atoms with Crippen molar-refractivity contribution >= 4 is 16.9 Å². The molecule has 3 aromatic carbocycles. The maximum absolute atomic E-state index is 13.8. The van der Waals surface area contributed by atoms with Gasteiger partial charge in [-0.3, -0.25) is 9.78 Å². The highest BCUT2D eigenvalue weighted by Gasteiger charge is 2.34. The number of allylic oxidation sites excluding steroid dienone is 1. The van der Waals surface area contributed by atoms with Gasteiger partial charge in [0.25, 0.3) is 0 Å². The summed E-state index contributed by atoms with van der Waals surface area (Å²) in [6.45, 7) is 0.421. The van der Waals surface area contributed by atoms with Gasteiger partial charge in [0.2, 0.25) is 0 Å². The molecule has 5 heteroatoms. The van der Waals surface area contributed by atoms with Gasteiger partial charge in [-0.2, -0.15) is 0 Å². The van der Waals surface area contributed by atoms with Gasteiger partial charge in [-0.05, 0) is 47.5 Å². The van der Waals surface area contributed by atoms with Crippen molar-refractivity contribution in [2.45, 2.75) is 6.61 Å². The Hall–Kier alpha value is -4.38. The summed E-state index contributed by atoms with van der Waals surface area (Å²) in [5.74, 6) is 1.80. The van der Waals surface area contributed by atoms with Crippen molar-refractivity contribution in [1.82, 2.24) is 4.98 Å². The van der Waals surface area contributed by atoms with E-state index in [-0.39, 0.29) is 5.78 Å². The van der Waals surface area contributed by atoms with E-state index < -0.39 is 0 Å². The van der Waals surface area contributed by atoms with Crippen LogP contribution in [0.4, 0.5) is 0 Å². The zero-order chi connectivity index (χ0) is 23.5. The molecule has 0 N–H and O–H groups in total. The van der Waals surface area contributed by atoms with Crippen molar-refractivity contribution < 1.29 is 19.0 Å². The van der Waals surface area contributed by atoms with Crippen molar-refractivity contribution in [3.05, 3.63) is 119 Å². The third-order valence-electron chi connectivity index (χ3n) is 5.86. The molecule has 168 valence electrons. The maximum atomic E-state index is 13.8. The summed E-state index contributed by atoms with van der Waals surface area (Å²) in [7, 11) is 3.22. The molecule has 0 amide bonds. The van der Waals surface area contributed by atoms with Gasteiger partial charge in [0.05, 0.1) is 19.8 Å². The number of benzene rings is 3. The molecule has 0 saturated carbocycles. The van der Waals surface area contributed by atoms with Gasteiger partial charge in [-0.1, -0.05) is 42.5 Å². The first-order valence-electron chi connectivity index (χ1n) is 10.9. The Bertz CT molecular complexity index is 1360. The highest BCUT2D eigenvalue weighted by molar-refractivity contribution is 6.41. The molecule has 0 unspecified atom stereocenters. The normalized spacial score (nSPS) is 12.5. The first-order chi connectivity index (χ1) is 16.7. The average Bonchev–Trinajstić information content (AvgIpc) is 3.19. The molecular weight excluding hydrogens is 426 g/mol. The molecule has 1 aliphatic rings. The third kappa shape index (κ3) is 3.82. The molecule has 0 atom stereocenters.